The number of aliphatic carboxylic acids is 1. The minimum atomic E-state index is -1.48. The smallest absolute Gasteiger partial charge is 0.305 e. The monoisotopic (exact) mass is 484 g/mol. The summed E-state index contributed by atoms with van der Waals surface area (Å²) in [5.74, 6) is -4.44. The maximum atomic E-state index is 13.3. The fraction of sp³-hybridized carbons (Fsp3) is 0.407. The minimum Gasteiger partial charge on any atom is -0.481 e. The Bertz CT molecular complexity index is 1120. The van der Waals surface area contributed by atoms with Crippen LogP contribution in [0.1, 0.15) is 56.8 Å². The van der Waals surface area contributed by atoms with Gasteiger partial charge in [-0.15, -0.1) is 0 Å². The number of para-hydroxylation sites is 1. The Morgan fingerprint density at radius 1 is 1.11 bits per heavy atom. The third-order valence-corrected chi connectivity index (χ3v) is 5.74. The summed E-state index contributed by atoms with van der Waals surface area (Å²) in [5, 5.41) is 12.2. The van der Waals surface area contributed by atoms with Crippen molar-refractivity contribution in [3.05, 3.63) is 54.3 Å². The summed E-state index contributed by atoms with van der Waals surface area (Å²) in [6.07, 6.45) is 10.7. The molecule has 1 aromatic heterocycles. The molecule has 2 rings (SSSR count). The molecule has 35 heavy (non-hydrogen) atoms. The van der Waals surface area contributed by atoms with Gasteiger partial charge in [-0.3, -0.25) is 23.7 Å². The van der Waals surface area contributed by atoms with Gasteiger partial charge in [0.15, 0.2) is 5.78 Å². The Balaban J connectivity index is 2.28. The van der Waals surface area contributed by atoms with Crippen molar-refractivity contribution in [3.63, 3.8) is 0 Å². The van der Waals surface area contributed by atoms with Crippen LogP contribution in [0, 0.1) is 11.8 Å². The number of ketones is 1. The third-order valence-electron chi connectivity index (χ3n) is 5.74. The number of nitrogens with zero attached hydrogens (tertiary/aromatic N) is 1. The first-order chi connectivity index (χ1) is 16.7. The SMILES string of the molecule is CCC/C=C\C=C/c1cn(C(=O)C[C@H](C(=O)NC(CC(=O)O)C(=O)CF)C(C)C)c2ccccc12. The van der Waals surface area contributed by atoms with Gasteiger partial charge >= 0.3 is 5.97 Å². The molecular weight excluding hydrogens is 451 g/mol. The summed E-state index contributed by atoms with van der Waals surface area (Å²) in [4.78, 5) is 49.0. The molecule has 1 unspecified atom stereocenters. The van der Waals surface area contributed by atoms with Crippen molar-refractivity contribution < 1.29 is 28.7 Å². The average molecular weight is 485 g/mol. The largest absolute Gasteiger partial charge is 0.481 e. The van der Waals surface area contributed by atoms with Crippen molar-refractivity contribution in [3.8, 4) is 0 Å². The summed E-state index contributed by atoms with van der Waals surface area (Å²) in [7, 11) is 0. The van der Waals surface area contributed by atoms with Crippen molar-refractivity contribution in [1.29, 1.82) is 0 Å². The molecule has 0 saturated carbocycles. The fourth-order valence-electron chi connectivity index (χ4n) is 3.76. The summed E-state index contributed by atoms with van der Waals surface area (Å²) in [6.45, 7) is 4.22. The summed E-state index contributed by atoms with van der Waals surface area (Å²) < 4.78 is 14.4. The molecule has 1 heterocycles. The van der Waals surface area contributed by atoms with E-state index in [-0.39, 0.29) is 18.2 Å². The van der Waals surface area contributed by atoms with Crippen molar-refractivity contribution in [1.82, 2.24) is 9.88 Å². The molecule has 2 atom stereocenters. The van der Waals surface area contributed by atoms with Crippen LogP contribution in [0.25, 0.3) is 17.0 Å². The zero-order chi connectivity index (χ0) is 26.0. The van der Waals surface area contributed by atoms with E-state index in [9.17, 15) is 23.6 Å². The van der Waals surface area contributed by atoms with Crippen molar-refractivity contribution in [2.45, 2.75) is 52.5 Å². The van der Waals surface area contributed by atoms with Gasteiger partial charge in [-0.05, 0) is 18.4 Å². The number of allylic oxidation sites excluding steroid dienone is 3. The second kappa shape index (κ2) is 13.4. The van der Waals surface area contributed by atoms with Gasteiger partial charge in [0.25, 0.3) is 0 Å². The highest BCUT2D eigenvalue weighted by Crippen LogP contribution is 2.25. The van der Waals surface area contributed by atoms with Crippen LogP contribution in [0.5, 0.6) is 0 Å². The first kappa shape index (κ1) is 27.7. The zero-order valence-corrected chi connectivity index (χ0v) is 20.4. The predicted octanol–water partition coefficient (Wildman–Crippen LogP) is 4.81. The Morgan fingerprint density at radius 2 is 1.83 bits per heavy atom. The van der Waals surface area contributed by atoms with Crippen LogP contribution in [0.3, 0.4) is 0 Å². The first-order valence-corrected chi connectivity index (χ1v) is 11.8. The van der Waals surface area contributed by atoms with Crippen molar-refractivity contribution in [2.24, 2.45) is 11.8 Å². The molecule has 0 bridgehead atoms. The summed E-state index contributed by atoms with van der Waals surface area (Å²) in [6, 6.07) is 5.97. The lowest BCUT2D eigenvalue weighted by molar-refractivity contribution is -0.140. The normalized spacial score (nSPS) is 13.5. The molecule has 2 aromatic rings. The van der Waals surface area contributed by atoms with Gasteiger partial charge in [0.1, 0.15) is 12.7 Å². The maximum Gasteiger partial charge on any atom is 0.305 e. The van der Waals surface area contributed by atoms with E-state index in [1.807, 2.05) is 42.5 Å². The number of carbonyl (C=O) groups is 4. The van der Waals surface area contributed by atoms with E-state index >= 15 is 0 Å². The predicted molar refractivity (Wildman–Crippen MR) is 134 cm³/mol. The van der Waals surface area contributed by atoms with E-state index in [4.69, 9.17) is 5.11 Å². The number of rotatable bonds is 13. The highest BCUT2D eigenvalue weighted by molar-refractivity contribution is 5.99. The molecule has 0 fully saturated rings. The van der Waals surface area contributed by atoms with Gasteiger partial charge in [0.05, 0.1) is 11.9 Å². The maximum absolute atomic E-state index is 13.3. The molecule has 0 aliphatic carbocycles. The fourth-order valence-corrected chi connectivity index (χ4v) is 3.76. The number of halogens is 1. The highest BCUT2D eigenvalue weighted by atomic mass is 19.1. The Kier molecular flexibility index (Phi) is 10.6. The van der Waals surface area contributed by atoms with E-state index < -0.39 is 42.7 Å². The quantitative estimate of drug-likeness (QED) is 0.397. The van der Waals surface area contributed by atoms with Gasteiger partial charge in [-0.2, -0.15) is 0 Å². The molecule has 0 aliphatic rings. The van der Waals surface area contributed by atoms with E-state index in [0.717, 1.165) is 23.8 Å². The van der Waals surface area contributed by atoms with Crippen LogP contribution in [-0.4, -0.2) is 46.0 Å². The lowest BCUT2D eigenvalue weighted by Crippen LogP contribution is -2.47. The lowest BCUT2D eigenvalue weighted by atomic mass is 9.90. The van der Waals surface area contributed by atoms with Crippen LogP contribution >= 0.6 is 0 Å². The molecule has 7 nitrogen and oxygen atoms in total. The number of benzene rings is 1. The van der Waals surface area contributed by atoms with Crippen LogP contribution < -0.4 is 5.32 Å². The number of nitrogens with one attached hydrogen (secondary N) is 1. The summed E-state index contributed by atoms with van der Waals surface area (Å²) in [5.41, 5.74) is 1.56. The number of carboxylic acid groups (broad SMARTS) is 1. The van der Waals surface area contributed by atoms with Gasteiger partial charge in [0, 0.05) is 29.5 Å². The average Bonchev–Trinajstić information content (AvgIpc) is 3.19. The lowest BCUT2D eigenvalue weighted by Gasteiger charge is -2.23. The number of unbranched alkanes of at least 4 members (excludes halogenated alkanes) is 1. The molecule has 1 aromatic carbocycles. The molecule has 0 aliphatic heterocycles. The molecule has 1 amide bonds. The molecule has 0 saturated heterocycles. The number of amides is 1. The van der Waals surface area contributed by atoms with Crippen molar-refractivity contribution in [2.75, 3.05) is 6.67 Å². The Labute approximate surface area is 204 Å². The molecule has 8 heteroatoms. The Hall–Kier alpha value is -3.55. The van der Waals surface area contributed by atoms with Crippen LogP contribution in [0.15, 0.2) is 48.7 Å². The summed E-state index contributed by atoms with van der Waals surface area (Å²) >= 11 is 0. The molecule has 188 valence electrons. The van der Waals surface area contributed by atoms with Crippen LogP contribution in [-0.2, 0) is 14.4 Å². The number of hydrogen-bond donors (Lipinski definition) is 2. The molecule has 0 radical (unpaired) electrons. The number of fused-ring (bicyclic) bond motifs is 1. The second-order valence-electron chi connectivity index (χ2n) is 8.75. The number of carbonyl (C=O) groups excluding carboxylic acids is 3. The zero-order valence-electron chi connectivity index (χ0n) is 20.4. The number of alkyl halides is 1. The van der Waals surface area contributed by atoms with E-state index in [0.29, 0.717) is 5.52 Å². The van der Waals surface area contributed by atoms with E-state index in [2.05, 4.69) is 18.3 Å². The molecule has 0 spiro atoms. The number of Topliss-reactive ketones (excluding diaryl/α,β-unsaturated/α-hetero) is 1. The number of hydrogen-bond acceptors (Lipinski definition) is 4. The van der Waals surface area contributed by atoms with Gasteiger partial charge < -0.3 is 10.4 Å². The Morgan fingerprint density at radius 3 is 2.46 bits per heavy atom. The number of carboxylic acids is 1. The number of aromatic nitrogens is 1. The third kappa shape index (κ3) is 7.73. The van der Waals surface area contributed by atoms with Crippen LogP contribution in [0.4, 0.5) is 4.39 Å². The van der Waals surface area contributed by atoms with E-state index in [1.54, 1.807) is 20.0 Å². The topological polar surface area (TPSA) is 105 Å². The molecule has 2 N–H and O–H groups in total. The second-order valence-corrected chi connectivity index (χ2v) is 8.75. The first-order valence-electron chi connectivity index (χ1n) is 11.8. The van der Waals surface area contributed by atoms with Crippen molar-refractivity contribution >= 4 is 40.5 Å². The standard InChI is InChI=1S/C27H33FN2O5/c1-4-5-6-7-8-11-19-17-30(23-13-10-9-12-20(19)23)25(32)14-21(18(2)3)27(35)29-22(15-26(33)34)24(31)16-28/h6-13,17-18,21-22H,4-5,14-16H2,1-3H3,(H,29,35)(H,33,34)/b7-6-,11-8-/t21-,22?/m0/s1. The minimum absolute atomic E-state index is 0.161. The van der Waals surface area contributed by atoms with Gasteiger partial charge in [-0.25, -0.2) is 4.39 Å². The van der Waals surface area contributed by atoms with E-state index in [1.165, 1.54) is 4.57 Å². The van der Waals surface area contributed by atoms with Gasteiger partial charge in [-0.1, -0.05) is 69.7 Å². The van der Waals surface area contributed by atoms with Gasteiger partial charge in [0.2, 0.25) is 11.8 Å². The molecular formula is C27H33FN2O5. The highest BCUT2D eigenvalue weighted by Gasteiger charge is 2.31. The van der Waals surface area contributed by atoms with Crippen LogP contribution in [0.2, 0.25) is 0 Å².